The van der Waals surface area contributed by atoms with Gasteiger partial charge in [0.15, 0.2) is 5.82 Å². The number of hydrogen-bond donors (Lipinski definition) is 1. The third-order valence-corrected chi connectivity index (χ3v) is 3.27. The Balaban J connectivity index is 1.76. The first kappa shape index (κ1) is 13.7. The summed E-state index contributed by atoms with van der Waals surface area (Å²) in [6.07, 6.45) is 1.61. The molecular weight excluding hydrogens is 282 g/mol. The summed E-state index contributed by atoms with van der Waals surface area (Å²) < 4.78 is 1.94. The third-order valence-electron chi connectivity index (χ3n) is 3.27. The number of rotatable bonds is 4. The molecule has 0 radical (unpaired) electrons. The van der Waals surface area contributed by atoms with E-state index in [0.717, 1.165) is 16.9 Å². The molecule has 0 amide bonds. The van der Waals surface area contributed by atoms with Crippen molar-refractivity contribution in [2.75, 3.05) is 5.43 Å². The van der Waals surface area contributed by atoms with E-state index in [9.17, 15) is 10.1 Å². The van der Waals surface area contributed by atoms with Crippen LogP contribution in [-0.2, 0) is 7.05 Å². The standard InChI is InChI=1S/C15H13N5O2/c1-19-14-5-3-2-4-13(14)17-15(19)10-16-18-11-6-8-12(9-7-11)20(21)22/h2-10,18H,1H3. The molecule has 0 spiro atoms. The van der Waals surface area contributed by atoms with Crippen LogP contribution in [0.5, 0.6) is 0 Å². The Morgan fingerprint density at radius 3 is 2.64 bits per heavy atom. The number of aromatic nitrogens is 2. The Labute approximate surface area is 126 Å². The second kappa shape index (κ2) is 5.65. The minimum Gasteiger partial charge on any atom is -0.326 e. The quantitative estimate of drug-likeness (QED) is 0.455. The van der Waals surface area contributed by atoms with Crippen LogP contribution in [0.25, 0.3) is 11.0 Å². The molecule has 22 heavy (non-hydrogen) atoms. The van der Waals surface area contributed by atoms with Crippen LogP contribution >= 0.6 is 0 Å². The Morgan fingerprint density at radius 2 is 1.95 bits per heavy atom. The smallest absolute Gasteiger partial charge is 0.269 e. The molecule has 0 saturated carbocycles. The molecule has 3 aromatic rings. The minimum absolute atomic E-state index is 0.0462. The molecule has 1 N–H and O–H groups in total. The number of fused-ring (bicyclic) bond motifs is 1. The topological polar surface area (TPSA) is 85.3 Å². The third kappa shape index (κ3) is 2.64. The van der Waals surface area contributed by atoms with Gasteiger partial charge in [-0.3, -0.25) is 15.5 Å². The van der Waals surface area contributed by atoms with Gasteiger partial charge in [0.25, 0.3) is 5.69 Å². The van der Waals surface area contributed by atoms with E-state index in [4.69, 9.17) is 0 Å². The van der Waals surface area contributed by atoms with Gasteiger partial charge >= 0.3 is 0 Å². The Bertz CT molecular complexity index is 852. The van der Waals surface area contributed by atoms with Crippen LogP contribution < -0.4 is 5.43 Å². The summed E-state index contributed by atoms with van der Waals surface area (Å²) in [6.45, 7) is 0. The first-order valence-corrected chi connectivity index (χ1v) is 6.60. The molecule has 0 bridgehead atoms. The van der Waals surface area contributed by atoms with Crippen molar-refractivity contribution in [2.24, 2.45) is 12.1 Å². The summed E-state index contributed by atoms with van der Waals surface area (Å²) in [5, 5.41) is 14.7. The van der Waals surface area contributed by atoms with Gasteiger partial charge in [0.05, 0.1) is 27.9 Å². The van der Waals surface area contributed by atoms with Crippen molar-refractivity contribution in [3.63, 3.8) is 0 Å². The molecule has 0 aliphatic heterocycles. The average molecular weight is 295 g/mol. The number of anilines is 1. The fraction of sp³-hybridized carbons (Fsp3) is 0.0667. The fourth-order valence-electron chi connectivity index (χ4n) is 2.10. The molecule has 1 heterocycles. The molecule has 0 aliphatic carbocycles. The van der Waals surface area contributed by atoms with E-state index in [1.54, 1.807) is 18.3 Å². The molecular formula is C15H13N5O2. The number of hydrazone groups is 1. The molecule has 0 fully saturated rings. The summed E-state index contributed by atoms with van der Waals surface area (Å²) in [7, 11) is 1.92. The van der Waals surface area contributed by atoms with Gasteiger partial charge < -0.3 is 4.57 Å². The van der Waals surface area contributed by atoms with E-state index >= 15 is 0 Å². The van der Waals surface area contributed by atoms with Crippen molar-refractivity contribution in [3.05, 3.63) is 64.5 Å². The summed E-state index contributed by atoms with van der Waals surface area (Å²) in [6, 6.07) is 13.9. The highest BCUT2D eigenvalue weighted by atomic mass is 16.6. The Kier molecular flexibility index (Phi) is 3.53. The van der Waals surface area contributed by atoms with Crippen molar-refractivity contribution in [1.82, 2.24) is 9.55 Å². The van der Waals surface area contributed by atoms with Crippen LogP contribution in [0, 0.1) is 10.1 Å². The van der Waals surface area contributed by atoms with Gasteiger partial charge in [-0.2, -0.15) is 5.10 Å². The first-order valence-electron chi connectivity index (χ1n) is 6.60. The largest absolute Gasteiger partial charge is 0.326 e. The molecule has 7 heteroatoms. The maximum Gasteiger partial charge on any atom is 0.269 e. The number of non-ortho nitro benzene ring substituents is 1. The Morgan fingerprint density at radius 1 is 1.23 bits per heavy atom. The zero-order chi connectivity index (χ0) is 15.5. The van der Waals surface area contributed by atoms with Crippen LogP contribution in [0.2, 0.25) is 0 Å². The van der Waals surface area contributed by atoms with Gasteiger partial charge in [0, 0.05) is 19.2 Å². The lowest BCUT2D eigenvalue weighted by Crippen LogP contribution is -1.98. The predicted octanol–water partition coefficient (Wildman–Crippen LogP) is 2.93. The van der Waals surface area contributed by atoms with Gasteiger partial charge in [-0.15, -0.1) is 0 Å². The second-order valence-electron chi connectivity index (χ2n) is 4.69. The number of nitrogens with zero attached hydrogens (tertiary/aromatic N) is 4. The Hall–Kier alpha value is -3.22. The highest BCUT2D eigenvalue weighted by Gasteiger charge is 2.05. The maximum absolute atomic E-state index is 10.6. The van der Waals surface area contributed by atoms with Gasteiger partial charge in [0.1, 0.15) is 0 Å². The molecule has 3 rings (SSSR count). The summed E-state index contributed by atoms with van der Waals surface area (Å²) in [4.78, 5) is 14.6. The number of para-hydroxylation sites is 2. The average Bonchev–Trinajstić information content (AvgIpc) is 2.85. The number of nitrogens with one attached hydrogen (secondary N) is 1. The molecule has 0 atom stereocenters. The number of hydrogen-bond acceptors (Lipinski definition) is 5. The predicted molar refractivity (Wildman–Crippen MR) is 85.0 cm³/mol. The van der Waals surface area contributed by atoms with E-state index in [0.29, 0.717) is 5.69 Å². The number of benzene rings is 2. The summed E-state index contributed by atoms with van der Waals surface area (Å²) in [5.74, 6) is 0.718. The normalized spacial score (nSPS) is 11.1. The maximum atomic E-state index is 10.6. The number of aryl methyl sites for hydroxylation is 1. The highest BCUT2D eigenvalue weighted by Crippen LogP contribution is 2.16. The molecule has 7 nitrogen and oxygen atoms in total. The fourth-order valence-corrected chi connectivity index (χ4v) is 2.10. The van der Waals surface area contributed by atoms with Crippen molar-refractivity contribution >= 4 is 28.6 Å². The van der Waals surface area contributed by atoms with Gasteiger partial charge in [-0.05, 0) is 24.3 Å². The van der Waals surface area contributed by atoms with Gasteiger partial charge in [-0.25, -0.2) is 4.98 Å². The molecule has 0 aliphatic rings. The zero-order valence-electron chi connectivity index (χ0n) is 11.8. The van der Waals surface area contributed by atoms with Gasteiger partial charge in [0.2, 0.25) is 0 Å². The van der Waals surface area contributed by atoms with Crippen LogP contribution in [0.15, 0.2) is 53.6 Å². The SMILES string of the molecule is Cn1c(C=NNc2ccc([N+](=O)[O-])cc2)nc2ccccc21. The molecule has 1 aromatic heterocycles. The van der Waals surface area contributed by atoms with Crippen LogP contribution in [0.4, 0.5) is 11.4 Å². The lowest BCUT2D eigenvalue weighted by molar-refractivity contribution is -0.384. The van der Waals surface area contributed by atoms with Crippen LogP contribution in [0.1, 0.15) is 5.82 Å². The second-order valence-corrected chi connectivity index (χ2v) is 4.69. The minimum atomic E-state index is -0.438. The first-order chi connectivity index (χ1) is 10.6. The van der Waals surface area contributed by atoms with E-state index in [1.807, 2.05) is 35.9 Å². The molecule has 110 valence electrons. The molecule has 0 unspecified atom stereocenters. The van der Waals surface area contributed by atoms with Gasteiger partial charge in [-0.1, -0.05) is 12.1 Å². The van der Waals surface area contributed by atoms with E-state index in [-0.39, 0.29) is 5.69 Å². The van der Waals surface area contributed by atoms with Crippen LogP contribution in [-0.4, -0.2) is 20.7 Å². The molecule has 2 aromatic carbocycles. The number of imidazole rings is 1. The van der Waals surface area contributed by atoms with Crippen LogP contribution in [0.3, 0.4) is 0 Å². The zero-order valence-corrected chi connectivity index (χ0v) is 11.8. The van der Waals surface area contributed by atoms with E-state index in [2.05, 4.69) is 15.5 Å². The monoisotopic (exact) mass is 295 g/mol. The van der Waals surface area contributed by atoms with E-state index in [1.165, 1.54) is 12.1 Å². The highest BCUT2D eigenvalue weighted by molar-refractivity contribution is 5.85. The van der Waals surface area contributed by atoms with Crippen molar-refractivity contribution < 1.29 is 4.92 Å². The number of nitro benzene ring substituents is 1. The van der Waals surface area contributed by atoms with E-state index < -0.39 is 4.92 Å². The molecule has 0 saturated heterocycles. The lowest BCUT2D eigenvalue weighted by atomic mass is 10.3. The van der Waals surface area contributed by atoms with Crippen molar-refractivity contribution in [1.29, 1.82) is 0 Å². The number of nitro groups is 1. The summed E-state index contributed by atoms with van der Waals surface area (Å²) >= 11 is 0. The van der Waals surface area contributed by atoms with Crippen molar-refractivity contribution in [2.45, 2.75) is 0 Å². The van der Waals surface area contributed by atoms with Crippen molar-refractivity contribution in [3.8, 4) is 0 Å². The summed E-state index contributed by atoms with van der Waals surface area (Å²) in [5.41, 5.74) is 5.47. The lowest BCUT2D eigenvalue weighted by Gasteiger charge is -1.99.